The molecule has 1 atom stereocenters. The molecule has 1 aliphatic rings. The molecule has 0 amide bonds. The van der Waals surface area contributed by atoms with Gasteiger partial charge in [-0.1, -0.05) is 36.9 Å². The second-order valence-electron chi connectivity index (χ2n) is 6.28. The van der Waals surface area contributed by atoms with Crippen LogP contribution in [0.25, 0.3) is 6.08 Å². The van der Waals surface area contributed by atoms with Gasteiger partial charge < -0.3 is 9.30 Å². The Labute approximate surface area is 141 Å². The van der Waals surface area contributed by atoms with E-state index in [1.807, 2.05) is 36.6 Å². The lowest BCUT2D eigenvalue weighted by atomic mass is 10.0. The highest BCUT2D eigenvalue weighted by molar-refractivity contribution is 6.08. The highest BCUT2D eigenvalue weighted by atomic mass is 16.5. The highest BCUT2D eigenvalue weighted by Crippen LogP contribution is 2.32. The van der Waals surface area contributed by atoms with Crippen molar-refractivity contribution in [2.75, 3.05) is 0 Å². The number of benzene rings is 1. The molecule has 2 aromatic rings. The van der Waals surface area contributed by atoms with Crippen LogP contribution < -0.4 is 0 Å². The number of carbonyl (C=O) groups excluding carboxylic acids is 2. The molecular formula is C20H21NO3. The summed E-state index contributed by atoms with van der Waals surface area (Å²) in [4.78, 5) is 25.0. The van der Waals surface area contributed by atoms with Crippen molar-refractivity contribution < 1.29 is 14.3 Å². The Bertz CT molecular complexity index is 784. The predicted molar refractivity (Wildman–Crippen MR) is 93.0 cm³/mol. The number of ether oxygens (including phenoxy) is 1. The summed E-state index contributed by atoms with van der Waals surface area (Å²) in [5, 5.41) is 0. The Hall–Kier alpha value is -2.62. The number of aromatic nitrogens is 1. The molecule has 24 heavy (non-hydrogen) atoms. The monoisotopic (exact) mass is 323 g/mol. The zero-order valence-corrected chi connectivity index (χ0v) is 14.0. The van der Waals surface area contributed by atoms with Gasteiger partial charge in [0.1, 0.15) is 0 Å². The van der Waals surface area contributed by atoms with Gasteiger partial charge in [0.25, 0.3) is 0 Å². The lowest BCUT2D eigenvalue weighted by molar-refractivity contribution is -0.149. The Morgan fingerprint density at radius 1 is 1.21 bits per heavy atom. The normalized spacial score (nSPS) is 16.0. The van der Waals surface area contributed by atoms with E-state index in [9.17, 15) is 9.59 Å². The minimum atomic E-state index is -0.280. The zero-order valence-electron chi connectivity index (χ0n) is 14.0. The lowest BCUT2D eigenvalue weighted by Crippen LogP contribution is -2.18. The van der Waals surface area contributed by atoms with Gasteiger partial charge in [-0.25, -0.2) is 0 Å². The van der Waals surface area contributed by atoms with E-state index in [4.69, 9.17) is 4.74 Å². The number of fused-ring (bicyclic) bond motifs is 1. The third-order valence-electron chi connectivity index (χ3n) is 4.29. The topological polar surface area (TPSA) is 48.3 Å². The van der Waals surface area contributed by atoms with Gasteiger partial charge in [-0.15, -0.1) is 0 Å². The second kappa shape index (κ2) is 6.48. The summed E-state index contributed by atoms with van der Waals surface area (Å²) in [6.45, 7) is 8.06. The third-order valence-corrected chi connectivity index (χ3v) is 4.29. The zero-order chi connectivity index (χ0) is 17.3. The summed E-state index contributed by atoms with van der Waals surface area (Å²) >= 11 is 0. The van der Waals surface area contributed by atoms with E-state index in [0.29, 0.717) is 24.2 Å². The standard InChI is InChI=1S/C20H21NO3/c1-4-14-5-7-15(8-6-14)19(22)18-10-9-17-16(11-12-21(17)18)20(23)24-13(2)3/h4-10,13,16H,1,11-12H2,2-3H3. The molecule has 2 heterocycles. The molecule has 0 saturated carbocycles. The average Bonchev–Trinajstić information content (AvgIpc) is 3.15. The van der Waals surface area contributed by atoms with Crippen LogP contribution in [0.1, 0.15) is 53.5 Å². The van der Waals surface area contributed by atoms with E-state index in [1.165, 1.54) is 0 Å². The molecule has 1 aliphatic heterocycles. The maximum atomic E-state index is 12.8. The molecule has 0 bridgehead atoms. The van der Waals surface area contributed by atoms with Gasteiger partial charge in [-0.2, -0.15) is 0 Å². The highest BCUT2D eigenvalue weighted by Gasteiger charge is 2.33. The van der Waals surface area contributed by atoms with Crippen LogP contribution in [0.4, 0.5) is 0 Å². The molecule has 4 heteroatoms. The van der Waals surface area contributed by atoms with Crippen LogP contribution in [0, 0.1) is 0 Å². The SMILES string of the molecule is C=Cc1ccc(C(=O)c2ccc3n2CCC3C(=O)OC(C)C)cc1. The predicted octanol–water partition coefficient (Wildman–Crippen LogP) is 3.80. The van der Waals surface area contributed by atoms with E-state index >= 15 is 0 Å². The molecule has 1 unspecified atom stereocenters. The molecule has 0 N–H and O–H groups in total. The number of esters is 1. The summed E-state index contributed by atoms with van der Waals surface area (Å²) in [6, 6.07) is 11.0. The van der Waals surface area contributed by atoms with Crippen LogP contribution in [-0.2, 0) is 16.1 Å². The van der Waals surface area contributed by atoms with Gasteiger partial charge in [0, 0.05) is 17.8 Å². The molecule has 0 fully saturated rings. The largest absolute Gasteiger partial charge is 0.462 e. The first-order valence-corrected chi connectivity index (χ1v) is 8.18. The Morgan fingerprint density at radius 3 is 2.54 bits per heavy atom. The first-order valence-electron chi connectivity index (χ1n) is 8.18. The number of nitrogens with zero attached hydrogens (tertiary/aromatic N) is 1. The molecule has 3 rings (SSSR count). The minimum absolute atomic E-state index is 0.0326. The minimum Gasteiger partial charge on any atom is -0.462 e. The summed E-state index contributed by atoms with van der Waals surface area (Å²) in [5.74, 6) is -0.525. The fourth-order valence-corrected chi connectivity index (χ4v) is 3.11. The van der Waals surface area contributed by atoms with Gasteiger partial charge in [0.2, 0.25) is 5.78 Å². The Balaban J connectivity index is 1.85. The van der Waals surface area contributed by atoms with Gasteiger partial charge in [-0.05, 0) is 38.0 Å². The van der Waals surface area contributed by atoms with E-state index in [0.717, 1.165) is 11.3 Å². The quantitative estimate of drug-likeness (QED) is 0.621. The smallest absolute Gasteiger partial charge is 0.315 e. The van der Waals surface area contributed by atoms with Crippen molar-refractivity contribution in [3.05, 3.63) is 65.5 Å². The summed E-state index contributed by atoms with van der Waals surface area (Å²) < 4.78 is 7.26. The van der Waals surface area contributed by atoms with Crippen LogP contribution in [0.15, 0.2) is 43.0 Å². The maximum absolute atomic E-state index is 12.8. The Morgan fingerprint density at radius 2 is 1.92 bits per heavy atom. The van der Waals surface area contributed by atoms with Gasteiger partial charge >= 0.3 is 5.97 Å². The first kappa shape index (κ1) is 16.2. The van der Waals surface area contributed by atoms with Crippen molar-refractivity contribution in [3.63, 3.8) is 0 Å². The average molecular weight is 323 g/mol. The van der Waals surface area contributed by atoms with E-state index in [-0.39, 0.29) is 23.8 Å². The van der Waals surface area contributed by atoms with Gasteiger partial charge in [0.15, 0.2) is 0 Å². The van der Waals surface area contributed by atoms with Crippen LogP contribution >= 0.6 is 0 Å². The van der Waals surface area contributed by atoms with E-state index in [2.05, 4.69) is 6.58 Å². The fourth-order valence-electron chi connectivity index (χ4n) is 3.11. The van der Waals surface area contributed by atoms with Crippen molar-refractivity contribution in [1.29, 1.82) is 0 Å². The van der Waals surface area contributed by atoms with Crippen molar-refractivity contribution in [2.24, 2.45) is 0 Å². The number of ketones is 1. The number of hydrogen-bond acceptors (Lipinski definition) is 3. The summed E-state index contributed by atoms with van der Waals surface area (Å²) in [5.41, 5.74) is 3.10. The number of carbonyl (C=O) groups is 2. The second-order valence-corrected chi connectivity index (χ2v) is 6.28. The molecule has 0 aliphatic carbocycles. The molecule has 4 nitrogen and oxygen atoms in total. The third kappa shape index (κ3) is 2.92. The summed E-state index contributed by atoms with van der Waals surface area (Å²) in [7, 11) is 0. The van der Waals surface area contributed by atoms with Gasteiger partial charge in [-0.3, -0.25) is 9.59 Å². The Kier molecular flexibility index (Phi) is 4.38. The molecule has 0 saturated heterocycles. The van der Waals surface area contributed by atoms with E-state index < -0.39 is 0 Å². The van der Waals surface area contributed by atoms with Crippen molar-refractivity contribution in [1.82, 2.24) is 4.57 Å². The molecular weight excluding hydrogens is 302 g/mol. The number of hydrogen-bond donors (Lipinski definition) is 0. The summed E-state index contributed by atoms with van der Waals surface area (Å²) in [6.07, 6.45) is 2.29. The van der Waals surface area contributed by atoms with Crippen molar-refractivity contribution in [2.45, 2.75) is 38.8 Å². The first-order chi connectivity index (χ1) is 11.5. The fraction of sp³-hybridized carbons (Fsp3) is 0.300. The van der Waals surface area contributed by atoms with Crippen molar-refractivity contribution >= 4 is 17.8 Å². The number of rotatable bonds is 5. The van der Waals surface area contributed by atoms with Gasteiger partial charge in [0.05, 0.1) is 17.7 Å². The molecule has 1 aromatic heterocycles. The maximum Gasteiger partial charge on any atom is 0.315 e. The molecule has 0 radical (unpaired) electrons. The molecule has 1 aromatic carbocycles. The van der Waals surface area contributed by atoms with Crippen LogP contribution in [0.5, 0.6) is 0 Å². The molecule has 0 spiro atoms. The van der Waals surface area contributed by atoms with Crippen molar-refractivity contribution in [3.8, 4) is 0 Å². The van der Waals surface area contributed by atoms with Crippen LogP contribution in [-0.4, -0.2) is 22.4 Å². The van der Waals surface area contributed by atoms with Crippen LogP contribution in [0.2, 0.25) is 0 Å². The lowest BCUT2D eigenvalue weighted by Gasteiger charge is -2.12. The molecule has 124 valence electrons. The van der Waals surface area contributed by atoms with E-state index in [1.54, 1.807) is 24.3 Å². The van der Waals surface area contributed by atoms with Crippen LogP contribution in [0.3, 0.4) is 0 Å².